The number of piperazine rings is 1. The molecule has 2 amide bonds. The van der Waals surface area contributed by atoms with E-state index >= 15 is 0 Å². The van der Waals surface area contributed by atoms with E-state index in [1.54, 1.807) is 0 Å². The molecule has 1 rings (SSSR count). The van der Waals surface area contributed by atoms with Crippen LogP contribution in [0.3, 0.4) is 0 Å². The van der Waals surface area contributed by atoms with Gasteiger partial charge in [-0.05, 0) is 0 Å². The summed E-state index contributed by atoms with van der Waals surface area (Å²) in [5.41, 5.74) is 0. The predicted octanol–water partition coefficient (Wildman–Crippen LogP) is -0.705. The summed E-state index contributed by atoms with van der Waals surface area (Å²) in [6, 6.07) is 0. The summed E-state index contributed by atoms with van der Waals surface area (Å²) in [6.45, 7) is 1.54. The molecule has 0 saturated carbocycles. The lowest BCUT2D eigenvalue weighted by Gasteiger charge is -2.50. The number of carbonyl (C=O) groups is 4. The zero-order chi connectivity index (χ0) is 17.3. The molecule has 1 fully saturated rings. The predicted molar refractivity (Wildman–Crippen MR) is 82.2 cm³/mol. The Bertz CT molecular complexity index is 482. The molecular formula is C12H18N2O6S2. The number of thiol groups is 2. The van der Waals surface area contributed by atoms with Crippen molar-refractivity contribution >= 4 is 49.0 Å². The molecular weight excluding hydrogens is 332 g/mol. The Morgan fingerprint density at radius 2 is 1.18 bits per heavy atom. The highest BCUT2D eigenvalue weighted by Gasteiger charge is 2.59. The quantitative estimate of drug-likeness (QED) is 0.514. The smallest absolute Gasteiger partial charge is 0.302 e. The normalized spacial score (nSPS) is 28.6. The number of rotatable bonds is 4. The maximum atomic E-state index is 12.6. The third-order valence-electron chi connectivity index (χ3n) is 3.36. The van der Waals surface area contributed by atoms with Crippen LogP contribution >= 0.6 is 25.3 Å². The molecule has 124 valence electrons. The van der Waals surface area contributed by atoms with Crippen LogP contribution in [-0.2, 0) is 28.7 Å². The van der Waals surface area contributed by atoms with Crippen LogP contribution in [0.1, 0.15) is 13.8 Å². The molecule has 0 bridgehead atoms. The van der Waals surface area contributed by atoms with Gasteiger partial charge in [0.25, 0.3) is 11.8 Å². The molecule has 0 aromatic heterocycles. The van der Waals surface area contributed by atoms with Crippen molar-refractivity contribution < 1.29 is 28.7 Å². The van der Waals surface area contributed by atoms with E-state index in [1.807, 2.05) is 0 Å². The third kappa shape index (κ3) is 3.17. The summed E-state index contributed by atoms with van der Waals surface area (Å²) in [5, 5.41) is 0. The summed E-state index contributed by atoms with van der Waals surface area (Å²) in [5.74, 6) is -2.43. The van der Waals surface area contributed by atoms with Gasteiger partial charge in [-0.2, -0.15) is 0 Å². The topological polar surface area (TPSA) is 93.2 Å². The standard InChI is InChI=1S/C12H18N2O6S2/c1-7(15)19-5-11(21)9(17)14(4)12(22,6-20-8(2)16)10(18)13(11)3/h21-22H,5-6H2,1-4H3/t11-,12-/m0/s1. The first-order valence-corrected chi connectivity index (χ1v) is 7.14. The fourth-order valence-corrected chi connectivity index (χ4v) is 2.49. The summed E-state index contributed by atoms with van der Waals surface area (Å²) in [6.07, 6.45) is 0. The van der Waals surface area contributed by atoms with Crippen molar-refractivity contribution in [2.24, 2.45) is 0 Å². The number of amides is 2. The zero-order valence-corrected chi connectivity index (χ0v) is 14.4. The van der Waals surface area contributed by atoms with Crippen molar-refractivity contribution in [3.63, 3.8) is 0 Å². The fraction of sp³-hybridized carbons (Fsp3) is 0.667. The van der Waals surface area contributed by atoms with Gasteiger partial charge in [0.05, 0.1) is 0 Å². The SMILES string of the molecule is CC(=O)OC[C@]1(S)C(=O)N(C)[C@](S)(COC(C)=O)C(=O)N1C. The van der Waals surface area contributed by atoms with Gasteiger partial charge in [-0.25, -0.2) is 0 Å². The number of carbonyl (C=O) groups excluding carboxylic acids is 4. The molecule has 0 aliphatic carbocycles. The Kier molecular flexibility index (Phi) is 5.39. The van der Waals surface area contributed by atoms with E-state index in [2.05, 4.69) is 25.3 Å². The molecule has 2 atom stereocenters. The van der Waals surface area contributed by atoms with E-state index in [0.717, 1.165) is 9.80 Å². The molecule has 1 heterocycles. The molecule has 0 N–H and O–H groups in total. The van der Waals surface area contributed by atoms with Crippen LogP contribution in [-0.4, -0.2) is 70.6 Å². The van der Waals surface area contributed by atoms with Crippen LogP contribution in [0, 0.1) is 0 Å². The molecule has 0 aromatic carbocycles. The number of nitrogens with zero attached hydrogens (tertiary/aromatic N) is 2. The monoisotopic (exact) mass is 350 g/mol. The Labute approximate surface area is 138 Å². The van der Waals surface area contributed by atoms with Crippen LogP contribution < -0.4 is 0 Å². The van der Waals surface area contributed by atoms with Gasteiger partial charge in [-0.1, -0.05) is 0 Å². The highest BCUT2D eigenvalue weighted by Crippen LogP contribution is 2.36. The van der Waals surface area contributed by atoms with Gasteiger partial charge in [0.15, 0.2) is 9.74 Å². The summed E-state index contributed by atoms with van der Waals surface area (Å²) in [7, 11) is 2.67. The van der Waals surface area contributed by atoms with Crippen LogP contribution in [0.2, 0.25) is 0 Å². The first-order valence-electron chi connectivity index (χ1n) is 6.25. The van der Waals surface area contributed by atoms with Gasteiger partial charge in [-0.15, -0.1) is 25.3 Å². The van der Waals surface area contributed by atoms with E-state index in [9.17, 15) is 19.2 Å². The summed E-state index contributed by atoms with van der Waals surface area (Å²) >= 11 is 8.43. The fourth-order valence-electron chi connectivity index (χ4n) is 1.88. The number of hydrogen-bond acceptors (Lipinski definition) is 8. The molecule has 0 spiro atoms. The minimum absolute atomic E-state index is 0.408. The molecule has 0 unspecified atom stereocenters. The number of hydrogen-bond donors (Lipinski definition) is 2. The van der Waals surface area contributed by atoms with Crippen molar-refractivity contribution in [2.45, 2.75) is 23.6 Å². The first kappa shape index (κ1) is 18.6. The van der Waals surface area contributed by atoms with Crippen molar-refractivity contribution in [1.82, 2.24) is 9.80 Å². The van der Waals surface area contributed by atoms with E-state index < -0.39 is 46.7 Å². The van der Waals surface area contributed by atoms with Crippen molar-refractivity contribution in [2.75, 3.05) is 27.3 Å². The second kappa shape index (κ2) is 6.37. The Hall–Kier alpha value is -1.42. The second-order valence-electron chi connectivity index (χ2n) is 4.92. The van der Waals surface area contributed by atoms with Gasteiger partial charge in [-0.3, -0.25) is 19.2 Å². The van der Waals surface area contributed by atoms with E-state index in [4.69, 9.17) is 9.47 Å². The van der Waals surface area contributed by atoms with Gasteiger partial charge >= 0.3 is 11.9 Å². The molecule has 0 aromatic rings. The van der Waals surface area contributed by atoms with Gasteiger partial charge in [0, 0.05) is 27.9 Å². The molecule has 22 heavy (non-hydrogen) atoms. The molecule has 1 aliphatic rings. The highest BCUT2D eigenvalue weighted by molar-refractivity contribution is 7.83. The van der Waals surface area contributed by atoms with Gasteiger partial charge < -0.3 is 19.3 Å². The molecule has 10 heteroatoms. The van der Waals surface area contributed by atoms with E-state index in [-0.39, 0.29) is 0 Å². The Morgan fingerprint density at radius 1 is 0.909 bits per heavy atom. The number of likely N-dealkylation sites (N-methyl/N-ethyl adjacent to an activating group) is 2. The van der Waals surface area contributed by atoms with Crippen LogP contribution in [0.25, 0.3) is 0 Å². The van der Waals surface area contributed by atoms with Crippen LogP contribution in [0.4, 0.5) is 0 Å². The Balaban J connectivity index is 3.10. The minimum Gasteiger partial charge on any atom is -0.462 e. The average Bonchev–Trinajstić information content (AvgIpc) is 2.45. The molecule has 1 aliphatic heterocycles. The average molecular weight is 350 g/mol. The lowest BCUT2D eigenvalue weighted by molar-refractivity contribution is -0.172. The highest BCUT2D eigenvalue weighted by atomic mass is 32.1. The van der Waals surface area contributed by atoms with Crippen LogP contribution in [0.5, 0.6) is 0 Å². The van der Waals surface area contributed by atoms with E-state index in [1.165, 1.54) is 27.9 Å². The van der Waals surface area contributed by atoms with Crippen molar-refractivity contribution in [3.8, 4) is 0 Å². The van der Waals surface area contributed by atoms with Crippen molar-refractivity contribution in [3.05, 3.63) is 0 Å². The van der Waals surface area contributed by atoms with Crippen molar-refractivity contribution in [1.29, 1.82) is 0 Å². The second-order valence-corrected chi connectivity index (χ2v) is 6.40. The summed E-state index contributed by atoms with van der Waals surface area (Å²) < 4.78 is 9.64. The number of esters is 2. The van der Waals surface area contributed by atoms with Crippen LogP contribution in [0.15, 0.2) is 0 Å². The maximum absolute atomic E-state index is 12.6. The first-order chi connectivity index (χ1) is 9.96. The lowest BCUT2D eigenvalue weighted by atomic mass is 10.1. The Morgan fingerprint density at radius 3 is 1.41 bits per heavy atom. The van der Waals surface area contributed by atoms with E-state index in [0.29, 0.717) is 0 Å². The molecule has 1 saturated heterocycles. The minimum atomic E-state index is -1.65. The lowest BCUT2D eigenvalue weighted by Crippen LogP contribution is -2.74. The van der Waals surface area contributed by atoms with Gasteiger partial charge in [0.2, 0.25) is 0 Å². The molecule has 8 nitrogen and oxygen atoms in total. The van der Waals surface area contributed by atoms with Gasteiger partial charge in [0.1, 0.15) is 13.2 Å². The maximum Gasteiger partial charge on any atom is 0.302 e. The molecule has 0 radical (unpaired) electrons. The largest absolute Gasteiger partial charge is 0.462 e. The zero-order valence-electron chi connectivity index (χ0n) is 12.7. The summed E-state index contributed by atoms with van der Waals surface area (Å²) in [4.78, 5) is 45.8. The third-order valence-corrected chi connectivity index (χ3v) is 4.60. The number of ether oxygens (including phenoxy) is 2.